The van der Waals surface area contributed by atoms with Gasteiger partial charge in [-0.15, -0.1) is 0 Å². The van der Waals surface area contributed by atoms with Gasteiger partial charge in [0.15, 0.2) is 8.32 Å². The summed E-state index contributed by atoms with van der Waals surface area (Å²) in [5.41, 5.74) is 5.40. The van der Waals surface area contributed by atoms with Crippen LogP contribution >= 0.6 is 0 Å². The molecular formula is C22H55NO5Si4. The second kappa shape index (κ2) is 9.94. The second-order valence-electron chi connectivity index (χ2n) is 13.1. The highest BCUT2D eigenvalue weighted by molar-refractivity contribution is 6.79. The summed E-state index contributed by atoms with van der Waals surface area (Å²) in [5.74, 6) is 0. The van der Waals surface area contributed by atoms with Gasteiger partial charge >= 0.3 is 8.56 Å². The molecule has 0 aliphatic rings. The maximum absolute atomic E-state index is 11.0. The van der Waals surface area contributed by atoms with E-state index in [-0.39, 0.29) is 5.04 Å². The fourth-order valence-electron chi connectivity index (χ4n) is 3.89. The zero-order valence-electron chi connectivity index (χ0n) is 23.8. The van der Waals surface area contributed by atoms with E-state index < -0.39 is 49.6 Å². The van der Waals surface area contributed by atoms with Crippen molar-refractivity contribution in [2.75, 3.05) is 6.54 Å². The van der Waals surface area contributed by atoms with E-state index in [0.717, 1.165) is 12.5 Å². The molecule has 0 aromatic carbocycles. The fourth-order valence-corrected chi connectivity index (χ4v) is 14.7. The molecule has 0 aromatic heterocycles. The molecule has 0 saturated carbocycles. The third-order valence-electron chi connectivity index (χ3n) is 8.10. The van der Waals surface area contributed by atoms with Gasteiger partial charge < -0.3 is 28.6 Å². The summed E-state index contributed by atoms with van der Waals surface area (Å²) < 4.78 is 20.2. The van der Waals surface area contributed by atoms with E-state index in [9.17, 15) is 9.59 Å². The summed E-state index contributed by atoms with van der Waals surface area (Å²) in [6, 6.07) is 0.898. The lowest BCUT2D eigenvalue weighted by molar-refractivity contribution is 0.0111. The van der Waals surface area contributed by atoms with Crippen LogP contribution in [-0.2, 0) is 13.3 Å². The van der Waals surface area contributed by atoms with Crippen molar-refractivity contribution >= 4 is 33.5 Å². The number of rotatable bonds is 13. The minimum Gasteiger partial charge on any atom is -0.429 e. The van der Waals surface area contributed by atoms with E-state index in [1.165, 1.54) is 0 Å². The Balaban J connectivity index is 6.28. The Labute approximate surface area is 203 Å². The van der Waals surface area contributed by atoms with Gasteiger partial charge in [0.1, 0.15) is 0 Å². The van der Waals surface area contributed by atoms with Crippen LogP contribution in [0.25, 0.3) is 0 Å². The Morgan fingerprint density at radius 2 is 1.12 bits per heavy atom. The highest BCUT2D eigenvalue weighted by Gasteiger charge is 2.60. The van der Waals surface area contributed by atoms with Crippen LogP contribution in [0.4, 0.5) is 0 Å². The average molecular weight is 526 g/mol. The van der Waals surface area contributed by atoms with Crippen molar-refractivity contribution in [1.82, 2.24) is 0 Å². The Morgan fingerprint density at radius 3 is 1.47 bits per heavy atom. The molecule has 10 heteroatoms. The molecule has 0 saturated heterocycles. The Hall–Kier alpha value is 0.628. The number of nitrogens with two attached hydrogens (primary N) is 1. The summed E-state index contributed by atoms with van der Waals surface area (Å²) in [4.78, 5) is 21.4. The lowest BCUT2D eigenvalue weighted by atomic mass is 9.93. The van der Waals surface area contributed by atoms with Gasteiger partial charge in [-0.25, -0.2) is 0 Å². The van der Waals surface area contributed by atoms with Gasteiger partial charge in [-0.1, -0.05) is 13.8 Å². The highest BCUT2D eigenvalue weighted by Crippen LogP contribution is 2.54. The molecule has 0 amide bonds. The van der Waals surface area contributed by atoms with Crippen molar-refractivity contribution in [3.05, 3.63) is 0 Å². The van der Waals surface area contributed by atoms with E-state index in [0.29, 0.717) is 6.54 Å². The monoisotopic (exact) mass is 525 g/mol. The normalized spacial score (nSPS) is 17.4. The van der Waals surface area contributed by atoms with Gasteiger partial charge in [-0.2, -0.15) is 0 Å². The van der Waals surface area contributed by atoms with Gasteiger partial charge in [0, 0.05) is 5.04 Å². The standard InChI is InChI=1S/C22H55NO5Si4/c1-19(2,26-30(11,12)22(7,8)27-31(13,14)25)20(3,4)32(15,18-16-17-23)28-21(5,6)29(9,10)24/h24-25H,16-18,23H2,1-15H3. The van der Waals surface area contributed by atoms with Gasteiger partial charge in [-0.05, 0) is 106 Å². The van der Waals surface area contributed by atoms with E-state index in [2.05, 4.69) is 47.3 Å². The molecule has 0 fully saturated rings. The van der Waals surface area contributed by atoms with Gasteiger partial charge in [0.05, 0.1) is 16.0 Å². The van der Waals surface area contributed by atoms with Gasteiger partial charge in [-0.3, -0.25) is 0 Å². The van der Waals surface area contributed by atoms with Crippen molar-refractivity contribution in [3.63, 3.8) is 0 Å². The third-order valence-corrected chi connectivity index (χ3v) is 22.1. The molecule has 0 spiro atoms. The Morgan fingerprint density at radius 1 is 0.688 bits per heavy atom. The first-order valence-corrected chi connectivity index (χ1v) is 23.3. The summed E-state index contributed by atoms with van der Waals surface area (Å²) in [6.07, 6.45) is 0.880. The Kier molecular flexibility index (Phi) is 10.1. The molecule has 6 nitrogen and oxygen atoms in total. The molecule has 1 unspecified atom stereocenters. The summed E-state index contributed by atoms with van der Waals surface area (Å²) in [7, 11) is -10.2. The maximum Gasteiger partial charge on any atom is 0.329 e. The lowest BCUT2D eigenvalue weighted by Gasteiger charge is -2.57. The zero-order valence-corrected chi connectivity index (χ0v) is 27.8. The second-order valence-corrected chi connectivity index (χ2v) is 29.4. The predicted octanol–water partition coefficient (Wildman–Crippen LogP) is 5.25. The zero-order chi connectivity index (χ0) is 26.2. The van der Waals surface area contributed by atoms with Crippen LogP contribution in [0.3, 0.4) is 0 Å². The van der Waals surface area contributed by atoms with Crippen molar-refractivity contribution in [2.24, 2.45) is 5.73 Å². The largest absolute Gasteiger partial charge is 0.429 e. The number of hydrogen-bond donors (Lipinski definition) is 3. The smallest absolute Gasteiger partial charge is 0.329 e. The summed E-state index contributed by atoms with van der Waals surface area (Å²) in [5, 5.41) is -1.43. The first-order chi connectivity index (χ1) is 13.7. The molecule has 32 heavy (non-hydrogen) atoms. The predicted molar refractivity (Wildman–Crippen MR) is 147 cm³/mol. The lowest BCUT2D eigenvalue weighted by Crippen LogP contribution is -2.67. The molecule has 0 aliphatic carbocycles. The molecule has 4 N–H and O–H groups in total. The van der Waals surface area contributed by atoms with E-state index in [4.69, 9.17) is 19.0 Å². The van der Waals surface area contributed by atoms with E-state index >= 15 is 0 Å². The first-order valence-electron chi connectivity index (χ1n) is 11.9. The molecule has 0 radical (unpaired) electrons. The van der Waals surface area contributed by atoms with Crippen LogP contribution in [-0.4, -0.2) is 65.7 Å². The third kappa shape index (κ3) is 7.56. The van der Waals surface area contributed by atoms with Gasteiger partial charge in [0.2, 0.25) is 16.6 Å². The van der Waals surface area contributed by atoms with Gasteiger partial charge in [0.25, 0.3) is 0 Å². The van der Waals surface area contributed by atoms with E-state index in [1.54, 1.807) is 13.1 Å². The van der Waals surface area contributed by atoms with Crippen LogP contribution < -0.4 is 5.73 Å². The van der Waals surface area contributed by atoms with Crippen LogP contribution in [0, 0.1) is 0 Å². The summed E-state index contributed by atoms with van der Waals surface area (Å²) >= 11 is 0. The van der Waals surface area contributed by atoms with Crippen molar-refractivity contribution in [2.45, 2.75) is 135 Å². The maximum atomic E-state index is 11.0. The molecule has 0 aromatic rings. The average Bonchev–Trinajstić information content (AvgIpc) is 2.47. The highest BCUT2D eigenvalue weighted by atomic mass is 28.4. The summed E-state index contributed by atoms with van der Waals surface area (Å²) in [6.45, 7) is 31.6. The first kappa shape index (κ1) is 32.6. The molecular weight excluding hydrogens is 471 g/mol. The molecule has 0 bridgehead atoms. The van der Waals surface area contributed by atoms with E-state index in [1.807, 2.05) is 40.8 Å². The van der Waals surface area contributed by atoms with Crippen molar-refractivity contribution < 1.29 is 22.9 Å². The van der Waals surface area contributed by atoms with Crippen LogP contribution in [0.15, 0.2) is 0 Å². The SMILES string of the molecule is CC(C)(O[Si](C)(C)C(C)(C)O[Si](C)(C)O)C(C)(C)[Si](C)(CCCN)OC(C)(C)[Si](C)(C)O. The Bertz CT molecular complexity index is 625. The molecule has 1 atom stereocenters. The van der Waals surface area contributed by atoms with Crippen LogP contribution in [0.2, 0.25) is 56.9 Å². The minimum absolute atomic E-state index is 0.293. The molecule has 194 valence electrons. The van der Waals surface area contributed by atoms with Crippen LogP contribution in [0.5, 0.6) is 0 Å². The number of hydrogen-bond acceptors (Lipinski definition) is 6. The topological polar surface area (TPSA) is 94.2 Å². The minimum atomic E-state index is -2.73. The van der Waals surface area contributed by atoms with Crippen LogP contribution in [0.1, 0.15) is 61.8 Å². The van der Waals surface area contributed by atoms with Crippen molar-refractivity contribution in [1.29, 1.82) is 0 Å². The quantitative estimate of drug-likeness (QED) is 0.284. The molecule has 0 aliphatic heterocycles. The fraction of sp³-hybridized carbons (Fsp3) is 1.00. The molecule has 0 rings (SSSR count). The van der Waals surface area contributed by atoms with Crippen molar-refractivity contribution in [3.8, 4) is 0 Å². The molecule has 0 heterocycles.